The molecule has 0 aromatic heterocycles. The Bertz CT molecular complexity index is 325. The van der Waals surface area contributed by atoms with Crippen LogP contribution in [0.25, 0.3) is 0 Å². The van der Waals surface area contributed by atoms with Crippen molar-refractivity contribution in [2.45, 2.75) is 6.42 Å². The maximum Gasteiger partial charge on any atom is 0.309 e. The van der Waals surface area contributed by atoms with Gasteiger partial charge < -0.3 is 4.74 Å². The second-order valence-electron chi connectivity index (χ2n) is 2.60. The van der Waals surface area contributed by atoms with Crippen molar-refractivity contribution in [3.05, 3.63) is 29.6 Å². The summed E-state index contributed by atoms with van der Waals surface area (Å²) >= 11 is 0. The van der Waals surface area contributed by atoms with E-state index in [1.54, 1.807) is 0 Å². The summed E-state index contributed by atoms with van der Waals surface area (Å²) < 4.78 is 17.1. The molecule has 0 aliphatic heterocycles. The van der Waals surface area contributed by atoms with Crippen LogP contribution in [0, 0.1) is 5.82 Å². The lowest BCUT2D eigenvalue weighted by Gasteiger charge is -2.04. The Morgan fingerprint density at radius 2 is 2.31 bits per heavy atom. The number of hydrogen-bond donors (Lipinski definition) is 0. The monoisotopic (exact) mass is 178 g/mol. The molecule has 0 amide bonds. The molecule has 0 saturated heterocycles. The zero-order valence-electron chi connectivity index (χ0n) is 7.21. The van der Waals surface area contributed by atoms with Crippen molar-refractivity contribution in [2.24, 2.45) is 0 Å². The Balaban J connectivity index is 2.87. The number of rotatable bonds is 2. The molecule has 1 aromatic carbocycles. The minimum absolute atomic E-state index is 0.0000926. The third kappa shape index (κ3) is 2.58. The molecule has 1 aromatic rings. The SMILES string of the molecule is [B]c1ccc(F)cc1CC(=O)OC. The molecule has 13 heavy (non-hydrogen) atoms. The third-order valence-electron chi connectivity index (χ3n) is 1.67. The molecule has 2 nitrogen and oxygen atoms in total. The number of esters is 1. The topological polar surface area (TPSA) is 26.3 Å². The second-order valence-corrected chi connectivity index (χ2v) is 2.60. The van der Waals surface area contributed by atoms with Crippen LogP contribution in [-0.2, 0) is 16.0 Å². The van der Waals surface area contributed by atoms with Crippen molar-refractivity contribution < 1.29 is 13.9 Å². The van der Waals surface area contributed by atoms with Crippen molar-refractivity contribution in [1.82, 2.24) is 0 Å². The maximum atomic E-state index is 12.7. The van der Waals surface area contributed by atoms with Gasteiger partial charge in [0.25, 0.3) is 0 Å². The van der Waals surface area contributed by atoms with Crippen LogP contribution in [-0.4, -0.2) is 20.9 Å². The predicted molar refractivity (Wildman–Crippen MR) is 47.5 cm³/mol. The summed E-state index contributed by atoms with van der Waals surface area (Å²) in [7, 11) is 6.79. The Morgan fingerprint density at radius 3 is 2.92 bits per heavy atom. The highest BCUT2D eigenvalue weighted by atomic mass is 19.1. The van der Waals surface area contributed by atoms with Crippen molar-refractivity contribution in [3.8, 4) is 0 Å². The molecule has 0 fully saturated rings. The number of benzene rings is 1. The van der Waals surface area contributed by atoms with Gasteiger partial charge in [-0.2, -0.15) is 0 Å². The van der Waals surface area contributed by atoms with Gasteiger partial charge in [-0.1, -0.05) is 11.5 Å². The Kier molecular flexibility index (Phi) is 3.06. The molecule has 2 radical (unpaired) electrons. The van der Waals surface area contributed by atoms with Gasteiger partial charge in [0.15, 0.2) is 0 Å². The molecule has 0 unspecified atom stereocenters. The van der Waals surface area contributed by atoms with E-state index in [1.807, 2.05) is 0 Å². The predicted octanol–water partition coefficient (Wildman–Crippen LogP) is 0.335. The molecule has 0 N–H and O–H groups in total. The van der Waals surface area contributed by atoms with Crippen LogP contribution >= 0.6 is 0 Å². The van der Waals surface area contributed by atoms with Gasteiger partial charge in [-0.05, 0) is 17.7 Å². The fourth-order valence-corrected chi connectivity index (χ4v) is 0.955. The number of hydrogen-bond acceptors (Lipinski definition) is 2. The van der Waals surface area contributed by atoms with Crippen molar-refractivity contribution in [1.29, 1.82) is 0 Å². The summed E-state index contributed by atoms with van der Waals surface area (Å²) in [6, 6.07) is 3.90. The molecular weight excluding hydrogens is 170 g/mol. The Labute approximate surface area is 77.1 Å². The molecule has 0 bridgehead atoms. The molecular formula is C9H8BFO2. The van der Waals surface area contributed by atoms with Crippen LogP contribution in [0.4, 0.5) is 4.39 Å². The number of carbonyl (C=O) groups is 1. The van der Waals surface area contributed by atoms with Crippen LogP contribution in [0.2, 0.25) is 0 Å². The van der Waals surface area contributed by atoms with E-state index in [0.717, 1.165) is 0 Å². The lowest BCUT2D eigenvalue weighted by Crippen LogP contribution is -2.15. The van der Waals surface area contributed by atoms with E-state index >= 15 is 0 Å². The van der Waals surface area contributed by atoms with Gasteiger partial charge in [0, 0.05) is 0 Å². The standard InChI is InChI=1S/C9H8BFO2/c1-13-9(12)5-6-4-7(11)2-3-8(6)10/h2-4H,5H2,1H3. The summed E-state index contributed by atoms with van der Waals surface area (Å²) in [5.41, 5.74) is 0.846. The second kappa shape index (κ2) is 4.07. The maximum absolute atomic E-state index is 12.7. The van der Waals surface area contributed by atoms with Crippen LogP contribution in [0.15, 0.2) is 18.2 Å². The zero-order valence-corrected chi connectivity index (χ0v) is 7.21. The minimum Gasteiger partial charge on any atom is -0.469 e. The lowest BCUT2D eigenvalue weighted by molar-refractivity contribution is -0.139. The van der Waals surface area contributed by atoms with E-state index in [0.29, 0.717) is 11.0 Å². The lowest BCUT2D eigenvalue weighted by atomic mass is 9.89. The average molecular weight is 178 g/mol. The van der Waals surface area contributed by atoms with Gasteiger partial charge in [-0.15, -0.1) is 0 Å². The summed E-state index contributed by atoms with van der Waals surface area (Å²) in [6.45, 7) is 0. The van der Waals surface area contributed by atoms with E-state index < -0.39 is 11.8 Å². The molecule has 0 saturated carbocycles. The van der Waals surface area contributed by atoms with E-state index in [2.05, 4.69) is 4.74 Å². The smallest absolute Gasteiger partial charge is 0.309 e. The fraction of sp³-hybridized carbons (Fsp3) is 0.222. The van der Waals surface area contributed by atoms with Gasteiger partial charge in [0.05, 0.1) is 13.5 Å². The van der Waals surface area contributed by atoms with Crippen molar-refractivity contribution in [3.63, 3.8) is 0 Å². The van der Waals surface area contributed by atoms with Crippen LogP contribution in [0.3, 0.4) is 0 Å². The van der Waals surface area contributed by atoms with Gasteiger partial charge >= 0.3 is 5.97 Å². The average Bonchev–Trinajstić information content (AvgIpc) is 2.11. The summed E-state index contributed by atoms with van der Waals surface area (Å²) in [5, 5.41) is 0. The summed E-state index contributed by atoms with van der Waals surface area (Å²) in [4.78, 5) is 10.8. The van der Waals surface area contributed by atoms with Crippen LogP contribution in [0.5, 0.6) is 0 Å². The van der Waals surface area contributed by atoms with Crippen molar-refractivity contribution >= 4 is 19.3 Å². The van der Waals surface area contributed by atoms with E-state index in [9.17, 15) is 9.18 Å². The number of halogens is 1. The van der Waals surface area contributed by atoms with Crippen LogP contribution < -0.4 is 5.46 Å². The number of ether oxygens (including phenoxy) is 1. The zero-order chi connectivity index (χ0) is 9.84. The normalized spacial score (nSPS) is 9.69. The molecule has 1 rings (SSSR count). The Hall–Kier alpha value is -1.32. The molecule has 0 atom stereocenters. The molecule has 4 heteroatoms. The van der Waals surface area contributed by atoms with Gasteiger partial charge in [0.2, 0.25) is 0 Å². The van der Waals surface area contributed by atoms with Gasteiger partial charge in [-0.25, -0.2) is 4.39 Å². The molecule has 0 spiro atoms. The largest absolute Gasteiger partial charge is 0.469 e. The highest BCUT2D eigenvalue weighted by Crippen LogP contribution is 2.01. The molecule has 66 valence electrons. The van der Waals surface area contributed by atoms with Crippen LogP contribution in [0.1, 0.15) is 5.56 Å². The first-order chi connectivity index (χ1) is 6.13. The Morgan fingerprint density at radius 1 is 1.62 bits per heavy atom. The highest BCUT2D eigenvalue weighted by Gasteiger charge is 2.05. The summed E-state index contributed by atoms with van der Waals surface area (Å²) in [6.07, 6.45) is 0.0000926. The van der Waals surface area contributed by atoms with Crippen molar-refractivity contribution in [2.75, 3.05) is 7.11 Å². The molecule has 0 heterocycles. The van der Waals surface area contributed by atoms with Gasteiger partial charge in [0.1, 0.15) is 13.7 Å². The number of carbonyl (C=O) groups excluding carboxylic acids is 1. The first-order valence-corrected chi connectivity index (χ1v) is 3.74. The number of methoxy groups -OCH3 is 1. The fourth-order valence-electron chi connectivity index (χ4n) is 0.955. The van der Waals surface area contributed by atoms with E-state index in [-0.39, 0.29) is 6.42 Å². The third-order valence-corrected chi connectivity index (χ3v) is 1.67. The highest BCUT2D eigenvalue weighted by molar-refractivity contribution is 6.33. The van der Waals surface area contributed by atoms with E-state index in [1.165, 1.54) is 25.3 Å². The minimum atomic E-state index is -0.433. The molecule has 0 aliphatic carbocycles. The first kappa shape index (κ1) is 9.77. The quantitative estimate of drug-likeness (QED) is 0.482. The summed E-state index contributed by atoms with van der Waals surface area (Å²) in [5.74, 6) is -0.842. The van der Waals surface area contributed by atoms with E-state index in [4.69, 9.17) is 7.85 Å². The first-order valence-electron chi connectivity index (χ1n) is 3.74. The van der Waals surface area contributed by atoms with Gasteiger partial charge in [-0.3, -0.25) is 4.79 Å². The molecule has 0 aliphatic rings.